The molecule has 2 amide bonds. The van der Waals surface area contributed by atoms with Crippen LogP contribution in [0.5, 0.6) is 5.75 Å². The lowest BCUT2D eigenvalue weighted by molar-refractivity contribution is -0.142. The average Bonchev–Trinajstić information content (AvgIpc) is 3.30. The number of carbonyl (C=O) groups excluding carboxylic acids is 2. The number of hydrogen-bond acceptors (Lipinski definition) is 3. The van der Waals surface area contributed by atoms with Crippen LogP contribution in [0.4, 0.5) is 0 Å². The van der Waals surface area contributed by atoms with Gasteiger partial charge in [-0.1, -0.05) is 61.7 Å². The number of hydrogen-bond donors (Lipinski definition) is 1. The molecule has 1 aliphatic carbocycles. The van der Waals surface area contributed by atoms with Crippen LogP contribution in [0.25, 0.3) is 0 Å². The fourth-order valence-corrected chi connectivity index (χ4v) is 4.32. The molecular formula is C26H33ClN2O3. The van der Waals surface area contributed by atoms with E-state index in [2.05, 4.69) is 5.32 Å². The summed E-state index contributed by atoms with van der Waals surface area (Å²) in [7, 11) is 0. The Bertz CT molecular complexity index is 897. The number of benzene rings is 2. The fourth-order valence-electron chi connectivity index (χ4n) is 4.20. The number of ether oxygens (including phenoxy) is 1. The monoisotopic (exact) mass is 456 g/mol. The first-order valence-electron chi connectivity index (χ1n) is 11.5. The maximum absolute atomic E-state index is 13.2. The minimum Gasteiger partial charge on any atom is -0.484 e. The Balaban J connectivity index is 1.70. The van der Waals surface area contributed by atoms with E-state index in [1.54, 1.807) is 17.0 Å². The van der Waals surface area contributed by atoms with Gasteiger partial charge in [-0.3, -0.25) is 9.59 Å². The summed E-state index contributed by atoms with van der Waals surface area (Å²) in [5, 5.41) is 3.82. The van der Waals surface area contributed by atoms with Gasteiger partial charge in [0.15, 0.2) is 6.61 Å². The molecule has 1 fully saturated rings. The van der Waals surface area contributed by atoms with Gasteiger partial charge in [0.2, 0.25) is 5.91 Å². The van der Waals surface area contributed by atoms with Gasteiger partial charge in [0.1, 0.15) is 11.8 Å². The first-order chi connectivity index (χ1) is 15.5. The van der Waals surface area contributed by atoms with Gasteiger partial charge in [0, 0.05) is 17.6 Å². The molecular weight excluding hydrogens is 424 g/mol. The second-order valence-electron chi connectivity index (χ2n) is 8.44. The van der Waals surface area contributed by atoms with Crippen LogP contribution in [0.3, 0.4) is 0 Å². The highest BCUT2D eigenvalue weighted by Crippen LogP contribution is 2.22. The molecule has 0 aromatic heterocycles. The summed E-state index contributed by atoms with van der Waals surface area (Å²) >= 11 is 6.08. The van der Waals surface area contributed by atoms with E-state index in [0.717, 1.165) is 36.8 Å². The maximum atomic E-state index is 13.2. The highest BCUT2D eigenvalue weighted by molar-refractivity contribution is 6.31. The Labute approximate surface area is 196 Å². The number of carbonyl (C=O) groups is 2. The molecule has 3 rings (SSSR count). The van der Waals surface area contributed by atoms with E-state index in [4.69, 9.17) is 16.3 Å². The van der Waals surface area contributed by atoms with E-state index in [1.165, 1.54) is 0 Å². The van der Waals surface area contributed by atoms with E-state index < -0.39 is 6.04 Å². The van der Waals surface area contributed by atoms with Crippen LogP contribution in [0.1, 0.15) is 50.2 Å². The Morgan fingerprint density at radius 2 is 1.88 bits per heavy atom. The van der Waals surface area contributed by atoms with Crippen molar-refractivity contribution in [2.75, 3.05) is 13.2 Å². The van der Waals surface area contributed by atoms with Gasteiger partial charge in [0.25, 0.3) is 5.91 Å². The predicted molar refractivity (Wildman–Crippen MR) is 128 cm³/mol. The number of rotatable bonds is 10. The largest absolute Gasteiger partial charge is 0.484 e. The molecule has 2 aromatic carbocycles. The quantitative estimate of drug-likeness (QED) is 0.551. The Kier molecular flexibility index (Phi) is 8.98. The van der Waals surface area contributed by atoms with E-state index in [0.29, 0.717) is 30.2 Å². The maximum Gasteiger partial charge on any atom is 0.261 e. The number of nitrogens with one attached hydrogen (secondary N) is 1. The number of halogens is 1. The van der Waals surface area contributed by atoms with Gasteiger partial charge >= 0.3 is 0 Å². The first-order valence-corrected chi connectivity index (χ1v) is 11.9. The second-order valence-corrected chi connectivity index (χ2v) is 8.84. The molecule has 0 heterocycles. The van der Waals surface area contributed by atoms with Crippen molar-refractivity contribution in [1.29, 1.82) is 0 Å². The van der Waals surface area contributed by atoms with E-state index >= 15 is 0 Å². The normalized spacial score (nSPS) is 14.7. The standard InChI is InChI=1S/C26H33ClN2O3/c1-3-24(26(31)28-21-11-7-8-12-21)29(16-15-20-9-5-4-6-10-20)25(30)18-32-22-13-14-23(27)19(2)17-22/h4-6,9-10,13-14,17,21,24H,3,7-8,11-12,15-16,18H2,1-2H3,(H,28,31)/t24-/m0/s1. The molecule has 1 N–H and O–H groups in total. The van der Waals surface area contributed by atoms with Crippen LogP contribution in [-0.4, -0.2) is 41.9 Å². The summed E-state index contributed by atoms with van der Waals surface area (Å²) in [6.45, 7) is 4.18. The minimum absolute atomic E-state index is 0.0665. The van der Waals surface area contributed by atoms with Crippen molar-refractivity contribution in [3.63, 3.8) is 0 Å². The van der Waals surface area contributed by atoms with Crippen molar-refractivity contribution in [3.05, 3.63) is 64.7 Å². The highest BCUT2D eigenvalue weighted by Gasteiger charge is 2.30. The third-order valence-electron chi connectivity index (χ3n) is 6.06. The summed E-state index contributed by atoms with van der Waals surface area (Å²) in [5.41, 5.74) is 2.02. The molecule has 0 spiro atoms. The van der Waals surface area contributed by atoms with Gasteiger partial charge in [-0.15, -0.1) is 0 Å². The van der Waals surface area contributed by atoms with Crippen molar-refractivity contribution in [1.82, 2.24) is 10.2 Å². The molecule has 0 aliphatic heterocycles. The second kappa shape index (κ2) is 11.9. The van der Waals surface area contributed by atoms with Crippen molar-refractivity contribution < 1.29 is 14.3 Å². The van der Waals surface area contributed by atoms with Crippen LogP contribution >= 0.6 is 11.6 Å². The first kappa shape index (κ1) is 24.1. The van der Waals surface area contributed by atoms with Crippen molar-refractivity contribution in [2.24, 2.45) is 0 Å². The van der Waals surface area contributed by atoms with E-state index in [-0.39, 0.29) is 24.5 Å². The summed E-state index contributed by atoms with van der Waals surface area (Å²) in [4.78, 5) is 28.0. The molecule has 5 nitrogen and oxygen atoms in total. The van der Waals surface area contributed by atoms with Crippen LogP contribution in [0.15, 0.2) is 48.5 Å². The van der Waals surface area contributed by atoms with Gasteiger partial charge in [0.05, 0.1) is 0 Å². The van der Waals surface area contributed by atoms with Gasteiger partial charge in [-0.2, -0.15) is 0 Å². The summed E-state index contributed by atoms with van der Waals surface area (Å²) in [5.74, 6) is 0.330. The van der Waals surface area contributed by atoms with E-state index in [1.807, 2.05) is 50.2 Å². The molecule has 32 heavy (non-hydrogen) atoms. The topological polar surface area (TPSA) is 58.6 Å². The van der Waals surface area contributed by atoms with Gasteiger partial charge in [-0.05, 0) is 61.9 Å². The Morgan fingerprint density at radius 1 is 1.16 bits per heavy atom. The molecule has 1 atom stereocenters. The number of amides is 2. The zero-order chi connectivity index (χ0) is 22.9. The molecule has 0 unspecified atom stereocenters. The minimum atomic E-state index is -0.512. The van der Waals surface area contributed by atoms with Crippen LogP contribution in [0, 0.1) is 6.92 Å². The predicted octanol–water partition coefficient (Wildman–Crippen LogP) is 4.94. The molecule has 0 saturated heterocycles. The average molecular weight is 457 g/mol. The zero-order valence-corrected chi connectivity index (χ0v) is 19.7. The van der Waals surface area contributed by atoms with Gasteiger partial charge < -0.3 is 15.0 Å². The molecule has 0 bridgehead atoms. The summed E-state index contributed by atoms with van der Waals surface area (Å²) < 4.78 is 5.76. The Morgan fingerprint density at radius 3 is 2.53 bits per heavy atom. The lowest BCUT2D eigenvalue weighted by Gasteiger charge is -2.31. The smallest absolute Gasteiger partial charge is 0.261 e. The van der Waals surface area contributed by atoms with Crippen molar-refractivity contribution >= 4 is 23.4 Å². The lowest BCUT2D eigenvalue weighted by Crippen LogP contribution is -2.52. The highest BCUT2D eigenvalue weighted by atomic mass is 35.5. The van der Waals surface area contributed by atoms with E-state index in [9.17, 15) is 9.59 Å². The number of aryl methyl sites for hydroxylation is 1. The zero-order valence-electron chi connectivity index (χ0n) is 19.0. The summed E-state index contributed by atoms with van der Waals surface area (Å²) in [6, 6.07) is 15.0. The Hall–Kier alpha value is -2.53. The van der Waals surface area contributed by atoms with Crippen molar-refractivity contribution in [3.8, 4) is 5.75 Å². The SMILES string of the molecule is CC[C@@H](C(=O)NC1CCCC1)N(CCc1ccccc1)C(=O)COc1ccc(Cl)c(C)c1. The lowest BCUT2D eigenvalue weighted by atomic mass is 10.1. The van der Waals surface area contributed by atoms with Crippen LogP contribution in [0.2, 0.25) is 5.02 Å². The van der Waals surface area contributed by atoms with Crippen molar-refractivity contribution in [2.45, 2.75) is 64.5 Å². The molecule has 6 heteroatoms. The third-order valence-corrected chi connectivity index (χ3v) is 6.49. The molecule has 2 aromatic rings. The van der Waals surface area contributed by atoms with Crippen LogP contribution < -0.4 is 10.1 Å². The summed E-state index contributed by atoms with van der Waals surface area (Å²) in [6.07, 6.45) is 5.55. The third kappa shape index (κ3) is 6.73. The fraction of sp³-hybridized carbons (Fsp3) is 0.462. The molecule has 1 saturated carbocycles. The van der Waals surface area contributed by atoms with Crippen LogP contribution in [-0.2, 0) is 16.0 Å². The molecule has 0 radical (unpaired) electrons. The molecule has 172 valence electrons. The molecule has 1 aliphatic rings. The number of nitrogens with zero attached hydrogens (tertiary/aromatic N) is 1. The van der Waals surface area contributed by atoms with Gasteiger partial charge in [-0.25, -0.2) is 0 Å².